The lowest BCUT2D eigenvalue weighted by atomic mass is 9.95. The fourth-order valence-electron chi connectivity index (χ4n) is 3.54. The van der Waals surface area contributed by atoms with Crippen molar-refractivity contribution in [2.45, 2.75) is 19.4 Å². The van der Waals surface area contributed by atoms with E-state index in [-0.39, 0.29) is 17.9 Å². The van der Waals surface area contributed by atoms with Crippen LogP contribution in [0.2, 0.25) is 10.0 Å². The first kappa shape index (κ1) is 23.1. The van der Waals surface area contributed by atoms with Gasteiger partial charge >= 0.3 is 0 Å². The fourth-order valence-corrected chi connectivity index (χ4v) is 4.05. The summed E-state index contributed by atoms with van der Waals surface area (Å²) in [6, 6.07) is 10.6. The number of ether oxygens (including phenoxy) is 2. The standard InChI is InChI=1S/C23H23Cl2NO5/c1-3-31-12-4-11-26-20(17-10-7-15(24)13-18(17)25)19(22(28)23(26)29)21(27)14-5-8-16(30-2)9-6-14/h5-10,13,20,27H,3-4,11-12H2,1-2H3/t20-/m0/s1. The van der Waals surface area contributed by atoms with Crippen molar-refractivity contribution >= 4 is 40.7 Å². The van der Waals surface area contributed by atoms with Crippen LogP contribution in [0.15, 0.2) is 48.0 Å². The highest BCUT2D eigenvalue weighted by atomic mass is 35.5. The van der Waals surface area contributed by atoms with Crippen molar-refractivity contribution in [1.29, 1.82) is 0 Å². The van der Waals surface area contributed by atoms with Gasteiger partial charge in [-0.3, -0.25) is 9.59 Å². The molecule has 2 aromatic carbocycles. The van der Waals surface area contributed by atoms with Gasteiger partial charge < -0.3 is 19.5 Å². The van der Waals surface area contributed by atoms with Gasteiger partial charge in [-0.1, -0.05) is 29.3 Å². The van der Waals surface area contributed by atoms with E-state index in [0.717, 1.165) is 0 Å². The van der Waals surface area contributed by atoms with E-state index in [2.05, 4.69) is 0 Å². The van der Waals surface area contributed by atoms with E-state index in [1.54, 1.807) is 42.5 Å². The second-order valence-electron chi connectivity index (χ2n) is 6.94. The average Bonchev–Trinajstić information content (AvgIpc) is 3.01. The molecule has 31 heavy (non-hydrogen) atoms. The van der Waals surface area contributed by atoms with Crippen molar-refractivity contribution in [3.63, 3.8) is 0 Å². The number of amides is 1. The third kappa shape index (κ3) is 4.87. The first-order valence-electron chi connectivity index (χ1n) is 9.84. The summed E-state index contributed by atoms with van der Waals surface area (Å²) in [4.78, 5) is 27.3. The smallest absolute Gasteiger partial charge is 0.295 e. The van der Waals surface area contributed by atoms with Crippen LogP contribution in [0.25, 0.3) is 5.76 Å². The van der Waals surface area contributed by atoms with E-state index in [4.69, 9.17) is 32.7 Å². The number of hydrogen-bond donors (Lipinski definition) is 1. The Labute approximate surface area is 191 Å². The molecule has 0 unspecified atom stereocenters. The molecule has 164 valence electrons. The minimum absolute atomic E-state index is 0.0178. The molecule has 1 heterocycles. The number of carbonyl (C=O) groups excluding carboxylic acids is 2. The normalized spacial score (nSPS) is 17.9. The Morgan fingerprint density at radius 3 is 2.45 bits per heavy atom. The van der Waals surface area contributed by atoms with E-state index in [1.807, 2.05) is 6.92 Å². The van der Waals surface area contributed by atoms with Crippen LogP contribution in [0.5, 0.6) is 5.75 Å². The summed E-state index contributed by atoms with van der Waals surface area (Å²) in [7, 11) is 1.53. The minimum Gasteiger partial charge on any atom is -0.507 e. The number of benzene rings is 2. The van der Waals surface area contributed by atoms with Gasteiger partial charge in [0.05, 0.1) is 18.7 Å². The van der Waals surface area contributed by atoms with Gasteiger partial charge in [-0.15, -0.1) is 0 Å². The fraction of sp³-hybridized carbons (Fsp3) is 0.304. The average molecular weight is 464 g/mol. The van der Waals surface area contributed by atoms with Crippen LogP contribution in [0.4, 0.5) is 0 Å². The first-order valence-corrected chi connectivity index (χ1v) is 10.6. The van der Waals surface area contributed by atoms with Crippen molar-refractivity contribution in [3.05, 3.63) is 69.2 Å². The number of aliphatic hydroxyl groups is 1. The largest absolute Gasteiger partial charge is 0.507 e. The molecule has 0 aliphatic carbocycles. The number of likely N-dealkylation sites (tertiary alicyclic amines) is 1. The monoisotopic (exact) mass is 463 g/mol. The molecule has 0 radical (unpaired) electrons. The Bertz CT molecular complexity index is 1000. The Hall–Kier alpha value is -2.54. The summed E-state index contributed by atoms with van der Waals surface area (Å²) in [5, 5.41) is 11.8. The van der Waals surface area contributed by atoms with Crippen LogP contribution in [0, 0.1) is 0 Å². The molecule has 0 saturated carbocycles. The molecule has 3 rings (SSSR count). The van der Waals surface area contributed by atoms with Gasteiger partial charge in [0.15, 0.2) is 0 Å². The second kappa shape index (κ2) is 10.2. The van der Waals surface area contributed by atoms with E-state index in [1.165, 1.54) is 12.0 Å². The molecule has 0 spiro atoms. The van der Waals surface area contributed by atoms with Crippen LogP contribution >= 0.6 is 23.2 Å². The topological polar surface area (TPSA) is 76.1 Å². The molecular weight excluding hydrogens is 441 g/mol. The summed E-state index contributed by atoms with van der Waals surface area (Å²) in [6.07, 6.45) is 0.533. The van der Waals surface area contributed by atoms with Crippen LogP contribution in [-0.4, -0.2) is 48.6 Å². The predicted octanol–water partition coefficient (Wildman–Crippen LogP) is 4.85. The molecule has 1 N–H and O–H groups in total. The molecule has 1 atom stereocenters. The number of Topliss-reactive ketones (excluding diaryl/α,β-unsaturated/α-hetero) is 1. The number of methoxy groups -OCH3 is 1. The van der Waals surface area contributed by atoms with E-state index in [0.29, 0.717) is 46.6 Å². The molecule has 0 bridgehead atoms. The second-order valence-corrected chi connectivity index (χ2v) is 7.78. The van der Waals surface area contributed by atoms with Crippen molar-refractivity contribution in [3.8, 4) is 5.75 Å². The number of carbonyl (C=O) groups is 2. The van der Waals surface area contributed by atoms with Gasteiger partial charge in [0, 0.05) is 35.4 Å². The number of ketones is 1. The summed E-state index contributed by atoms with van der Waals surface area (Å²) >= 11 is 12.5. The Kier molecular flexibility index (Phi) is 7.59. The maximum atomic E-state index is 13.0. The van der Waals surface area contributed by atoms with Crippen molar-refractivity contribution < 1.29 is 24.2 Å². The molecule has 1 aliphatic rings. The molecule has 1 aliphatic heterocycles. The number of aliphatic hydroxyl groups excluding tert-OH is 1. The zero-order valence-electron chi connectivity index (χ0n) is 17.2. The van der Waals surface area contributed by atoms with Gasteiger partial charge in [-0.25, -0.2) is 0 Å². The van der Waals surface area contributed by atoms with Gasteiger partial charge in [-0.2, -0.15) is 0 Å². The SMILES string of the molecule is CCOCCCN1C(=O)C(=O)C(=C(O)c2ccc(OC)cc2)[C@@H]1c1ccc(Cl)cc1Cl. The van der Waals surface area contributed by atoms with Crippen LogP contribution in [-0.2, 0) is 14.3 Å². The molecule has 0 aromatic heterocycles. The zero-order chi connectivity index (χ0) is 22.5. The predicted molar refractivity (Wildman–Crippen MR) is 120 cm³/mol. The van der Waals surface area contributed by atoms with Gasteiger partial charge in [-0.05, 0) is 55.3 Å². The maximum Gasteiger partial charge on any atom is 0.295 e. The molecule has 2 aromatic rings. The van der Waals surface area contributed by atoms with E-state index < -0.39 is 17.7 Å². The van der Waals surface area contributed by atoms with Crippen LogP contribution < -0.4 is 4.74 Å². The number of hydrogen-bond acceptors (Lipinski definition) is 5. The van der Waals surface area contributed by atoms with Gasteiger partial charge in [0.25, 0.3) is 11.7 Å². The third-order valence-corrected chi connectivity index (χ3v) is 5.61. The number of rotatable bonds is 8. The first-order chi connectivity index (χ1) is 14.9. The molecule has 1 amide bonds. The molecule has 6 nitrogen and oxygen atoms in total. The van der Waals surface area contributed by atoms with Crippen molar-refractivity contribution in [1.82, 2.24) is 4.90 Å². The third-order valence-electron chi connectivity index (χ3n) is 5.05. The van der Waals surface area contributed by atoms with Crippen LogP contribution in [0.3, 0.4) is 0 Å². The minimum atomic E-state index is -0.839. The lowest BCUT2D eigenvalue weighted by molar-refractivity contribution is -0.140. The van der Waals surface area contributed by atoms with E-state index in [9.17, 15) is 14.7 Å². The van der Waals surface area contributed by atoms with Gasteiger partial charge in [0.1, 0.15) is 11.5 Å². The van der Waals surface area contributed by atoms with Gasteiger partial charge in [0.2, 0.25) is 0 Å². The summed E-state index contributed by atoms with van der Waals surface area (Å²) in [6.45, 7) is 3.16. The summed E-state index contributed by atoms with van der Waals surface area (Å²) in [5.74, 6) is -1.13. The van der Waals surface area contributed by atoms with Crippen LogP contribution in [0.1, 0.15) is 30.5 Å². The zero-order valence-corrected chi connectivity index (χ0v) is 18.7. The molecule has 8 heteroatoms. The number of halogens is 2. The lowest BCUT2D eigenvalue weighted by Gasteiger charge is -2.26. The highest BCUT2D eigenvalue weighted by Gasteiger charge is 2.46. The highest BCUT2D eigenvalue weighted by Crippen LogP contribution is 2.42. The van der Waals surface area contributed by atoms with Crippen molar-refractivity contribution in [2.24, 2.45) is 0 Å². The maximum absolute atomic E-state index is 13.0. The molecule has 1 saturated heterocycles. The summed E-state index contributed by atoms with van der Waals surface area (Å²) < 4.78 is 10.5. The Balaban J connectivity index is 2.09. The molecular formula is C23H23Cl2NO5. The Morgan fingerprint density at radius 1 is 1.13 bits per heavy atom. The number of nitrogens with zero attached hydrogens (tertiary/aromatic N) is 1. The molecule has 1 fully saturated rings. The van der Waals surface area contributed by atoms with Crippen molar-refractivity contribution in [2.75, 3.05) is 26.9 Å². The Morgan fingerprint density at radius 2 is 1.84 bits per heavy atom. The summed E-state index contributed by atoms with van der Waals surface area (Å²) in [5.41, 5.74) is 0.885. The quantitative estimate of drug-likeness (QED) is 0.262. The van der Waals surface area contributed by atoms with E-state index >= 15 is 0 Å². The lowest BCUT2D eigenvalue weighted by Crippen LogP contribution is -2.31. The highest BCUT2D eigenvalue weighted by molar-refractivity contribution is 6.47.